The number of nitro groups is 1. The summed E-state index contributed by atoms with van der Waals surface area (Å²) in [7, 11) is 3.90. The van der Waals surface area contributed by atoms with Crippen LogP contribution in [-0.4, -0.2) is 24.0 Å². The Bertz CT molecular complexity index is 689. The number of aryl methyl sites for hydroxylation is 1. The van der Waals surface area contributed by atoms with Crippen molar-refractivity contribution in [3.8, 4) is 0 Å². The highest BCUT2D eigenvalue weighted by molar-refractivity contribution is 9.10. The third-order valence-corrected chi connectivity index (χ3v) is 3.42. The van der Waals surface area contributed by atoms with Gasteiger partial charge in [-0.15, -0.1) is 0 Å². The maximum absolute atomic E-state index is 11.1. The Morgan fingerprint density at radius 2 is 2.05 bits per heavy atom. The molecule has 2 aromatic rings. The summed E-state index contributed by atoms with van der Waals surface area (Å²) >= 11 is 3.19. The number of aromatic nitrogens is 1. The second-order valence-corrected chi connectivity index (χ2v) is 5.71. The second-order valence-electron chi connectivity index (χ2n) is 4.80. The molecule has 1 aromatic carbocycles. The van der Waals surface area contributed by atoms with Crippen LogP contribution in [0.4, 0.5) is 22.9 Å². The smallest absolute Gasteiger partial charge is 0.312 e. The van der Waals surface area contributed by atoms with Crippen molar-refractivity contribution in [1.82, 2.24) is 4.98 Å². The summed E-state index contributed by atoms with van der Waals surface area (Å²) in [6.07, 6.45) is 1.52. The highest BCUT2D eigenvalue weighted by atomic mass is 79.9. The Labute approximate surface area is 131 Å². The predicted molar refractivity (Wildman–Crippen MR) is 87.4 cm³/mol. The number of anilines is 3. The third-order valence-electron chi connectivity index (χ3n) is 2.98. The molecule has 0 spiro atoms. The molecule has 1 N–H and O–H groups in total. The van der Waals surface area contributed by atoms with Crippen LogP contribution in [-0.2, 0) is 0 Å². The molecular formula is C14H15BrN4O2. The third kappa shape index (κ3) is 3.49. The number of rotatable bonds is 4. The molecule has 2 rings (SSSR count). The summed E-state index contributed by atoms with van der Waals surface area (Å²) in [4.78, 5) is 16.7. The monoisotopic (exact) mass is 350 g/mol. The molecule has 0 radical (unpaired) electrons. The van der Waals surface area contributed by atoms with Crippen molar-refractivity contribution in [2.24, 2.45) is 0 Å². The molecule has 0 fully saturated rings. The van der Waals surface area contributed by atoms with Gasteiger partial charge in [-0.05, 0) is 40.5 Å². The normalized spacial score (nSPS) is 10.3. The van der Waals surface area contributed by atoms with Crippen molar-refractivity contribution in [1.29, 1.82) is 0 Å². The lowest BCUT2D eigenvalue weighted by molar-refractivity contribution is -0.384. The molecule has 0 saturated carbocycles. The average Bonchev–Trinajstić information content (AvgIpc) is 2.42. The van der Waals surface area contributed by atoms with Crippen LogP contribution in [0.2, 0.25) is 0 Å². The zero-order valence-corrected chi connectivity index (χ0v) is 13.5. The lowest BCUT2D eigenvalue weighted by atomic mass is 10.1. The van der Waals surface area contributed by atoms with E-state index in [2.05, 4.69) is 26.2 Å². The fraction of sp³-hybridized carbons (Fsp3) is 0.214. The molecule has 7 heteroatoms. The fourth-order valence-corrected chi connectivity index (χ4v) is 2.29. The van der Waals surface area contributed by atoms with Gasteiger partial charge < -0.3 is 10.2 Å². The largest absolute Gasteiger partial charge is 0.377 e. The van der Waals surface area contributed by atoms with Gasteiger partial charge in [0.2, 0.25) is 5.82 Å². The van der Waals surface area contributed by atoms with Gasteiger partial charge >= 0.3 is 5.69 Å². The molecule has 0 aliphatic carbocycles. The molecule has 1 heterocycles. The highest BCUT2D eigenvalue weighted by Crippen LogP contribution is 2.30. The lowest BCUT2D eigenvalue weighted by Gasteiger charge is -2.17. The Kier molecular flexibility index (Phi) is 4.42. The molecule has 0 aliphatic heterocycles. The van der Waals surface area contributed by atoms with E-state index in [9.17, 15) is 10.1 Å². The van der Waals surface area contributed by atoms with Gasteiger partial charge in [-0.3, -0.25) is 10.1 Å². The SMILES string of the molecule is Cc1ccc(Nc2ncc(Br)cc2[N+](=O)[O-])cc1N(C)C. The first kappa shape index (κ1) is 15.2. The van der Waals surface area contributed by atoms with E-state index in [4.69, 9.17) is 0 Å². The highest BCUT2D eigenvalue weighted by Gasteiger charge is 2.16. The molecule has 0 atom stereocenters. The molecule has 0 saturated heterocycles. The summed E-state index contributed by atoms with van der Waals surface area (Å²) in [6.45, 7) is 2.01. The van der Waals surface area contributed by atoms with E-state index in [-0.39, 0.29) is 11.5 Å². The molecule has 0 amide bonds. The van der Waals surface area contributed by atoms with Crippen molar-refractivity contribution >= 4 is 38.8 Å². The second kappa shape index (κ2) is 6.09. The lowest BCUT2D eigenvalue weighted by Crippen LogP contribution is -2.10. The zero-order valence-electron chi connectivity index (χ0n) is 11.9. The van der Waals surface area contributed by atoms with Gasteiger partial charge in [-0.1, -0.05) is 6.07 Å². The van der Waals surface area contributed by atoms with Crippen LogP contribution >= 0.6 is 15.9 Å². The van der Waals surface area contributed by atoms with E-state index in [0.29, 0.717) is 4.47 Å². The van der Waals surface area contributed by atoms with E-state index >= 15 is 0 Å². The van der Waals surface area contributed by atoms with Crippen molar-refractivity contribution in [3.63, 3.8) is 0 Å². The van der Waals surface area contributed by atoms with Crippen LogP contribution in [0.5, 0.6) is 0 Å². The number of halogens is 1. The number of benzene rings is 1. The molecule has 21 heavy (non-hydrogen) atoms. The Morgan fingerprint density at radius 1 is 1.33 bits per heavy atom. The maximum Gasteiger partial charge on any atom is 0.312 e. The number of nitrogens with one attached hydrogen (secondary N) is 1. The van der Waals surface area contributed by atoms with Crippen LogP contribution in [0.25, 0.3) is 0 Å². The number of nitrogens with zero attached hydrogens (tertiary/aromatic N) is 3. The minimum absolute atomic E-state index is 0.0728. The predicted octanol–water partition coefficient (Wildman–Crippen LogP) is 3.87. The van der Waals surface area contributed by atoms with E-state index in [1.807, 2.05) is 44.1 Å². The molecular weight excluding hydrogens is 336 g/mol. The molecule has 0 bridgehead atoms. The number of pyridine rings is 1. The van der Waals surface area contributed by atoms with Crippen molar-refractivity contribution in [3.05, 3.63) is 50.6 Å². The van der Waals surface area contributed by atoms with Crippen LogP contribution < -0.4 is 10.2 Å². The van der Waals surface area contributed by atoms with Crippen LogP contribution in [0, 0.1) is 17.0 Å². The van der Waals surface area contributed by atoms with Gasteiger partial charge in [0.15, 0.2) is 0 Å². The minimum atomic E-state index is -0.457. The van der Waals surface area contributed by atoms with E-state index in [1.165, 1.54) is 12.3 Å². The summed E-state index contributed by atoms with van der Waals surface area (Å²) in [5.41, 5.74) is 2.85. The maximum atomic E-state index is 11.1. The first-order chi connectivity index (χ1) is 9.88. The Morgan fingerprint density at radius 3 is 2.67 bits per heavy atom. The van der Waals surface area contributed by atoms with Gasteiger partial charge in [0, 0.05) is 42.2 Å². The summed E-state index contributed by atoms with van der Waals surface area (Å²) in [6, 6.07) is 7.19. The number of hydrogen-bond donors (Lipinski definition) is 1. The topological polar surface area (TPSA) is 71.3 Å². The minimum Gasteiger partial charge on any atom is -0.377 e. The molecule has 6 nitrogen and oxygen atoms in total. The van der Waals surface area contributed by atoms with Crippen LogP contribution in [0.1, 0.15) is 5.56 Å². The fourth-order valence-electron chi connectivity index (χ4n) is 1.97. The summed E-state index contributed by atoms with van der Waals surface area (Å²) in [5, 5.41) is 14.1. The molecule has 0 unspecified atom stereocenters. The van der Waals surface area contributed by atoms with E-state index < -0.39 is 4.92 Å². The van der Waals surface area contributed by atoms with Gasteiger partial charge in [-0.25, -0.2) is 4.98 Å². The Balaban J connectivity index is 2.39. The average molecular weight is 351 g/mol. The van der Waals surface area contributed by atoms with Crippen molar-refractivity contribution in [2.45, 2.75) is 6.92 Å². The summed E-state index contributed by atoms with van der Waals surface area (Å²) in [5.74, 6) is 0.219. The van der Waals surface area contributed by atoms with Crippen molar-refractivity contribution < 1.29 is 4.92 Å². The van der Waals surface area contributed by atoms with Crippen molar-refractivity contribution in [2.75, 3.05) is 24.3 Å². The summed E-state index contributed by atoms with van der Waals surface area (Å²) < 4.78 is 0.567. The quantitative estimate of drug-likeness (QED) is 0.669. The zero-order chi connectivity index (χ0) is 15.6. The van der Waals surface area contributed by atoms with Gasteiger partial charge in [0.25, 0.3) is 0 Å². The van der Waals surface area contributed by atoms with E-state index in [0.717, 1.165) is 16.9 Å². The first-order valence-corrected chi connectivity index (χ1v) is 7.02. The van der Waals surface area contributed by atoms with Gasteiger partial charge in [0.1, 0.15) is 0 Å². The van der Waals surface area contributed by atoms with Gasteiger partial charge in [0.05, 0.1) is 4.92 Å². The molecule has 1 aromatic heterocycles. The Hall–Kier alpha value is -2.15. The van der Waals surface area contributed by atoms with Crippen LogP contribution in [0.15, 0.2) is 34.9 Å². The van der Waals surface area contributed by atoms with Crippen LogP contribution in [0.3, 0.4) is 0 Å². The van der Waals surface area contributed by atoms with Gasteiger partial charge in [-0.2, -0.15) is 0 Å². The molecule has 110 valence electrons. The standard InChI is InChI=1S/C14H15BrN4O2/c1-9-4-5-11(7-12(9)18(2)3)17-14-13(19(20)21)6-10(15)8-16-14/h4-8H,1-3H3,(H,16,17). The van der Waals surface area contributed by atoms with E-state index in [1.54, 1.807) is 0 Å². The first-order valence-electron chi connectivity index (χ1n) is 6.23. The number of hydrogen-bond acceptors (Lipinski definition) is 5. The molecule has 0 aliphatic rings.